The van der Waals surface area contributed by atoms with Crippen molar-refractivity contribution >= 4 is 11.3 Å². The number of H-pyrrole nitrogens is 1. The van der Waals surface area contributed by atoms with Crippen molar-refractivity contribution in [2.75, 3.05) is 24.7 Å². The van der Waals surface area contributed by atoms with Gasteiger partial charge in [0, 0.05) is 24.8 Å². The van der Waals surface area contributed by atoms with E-state index in [4.69, 9.17) is 9.84 Å². The highest BCUT2D eigenvalue weighted by atomic mass is 16.5. The van der Waals surface area contributed by atoms with Gasteiger partial charge in [0.05, 0.1) is 42.4 Å². The van der Waals surface area contributed by atoms with Crippen molar-refractivity contribution in [3.05, 3.63) is 29.7 Å². The predicted octanol–water partition coefficient (Wildman–Crippen LogP) is 1.76. The van der Waals surface area contributed by atoms with Crippen molar-refractivity contribution in [1.82, 2.24) is 39.8 Å². The van der Waals surface area contributed by atoms with Gasteiger partial charge in [-0.1, -0.05) is 5.21 Å². The third kappa shape index (κ3) is 2.87. The zero-order chi connectivity index (χ0) is 20.1. The molecule has 1 aliphatic heterocycles. The number of aromatic amines is 1. The van der Waals surface area contributed by atoms with Crippen LogP contribution in [0, 0.1) is 13.8 Å². The smallest absolute Gasteiger partial charge is 0.182 e. The summed E-state index contributed by atoms with van der Waals surface area (Å²) in [6.07, 6.45) is 1.83. The van der Waals surface area contributed by atoms with Gasteiger partial charge in [0.15, 0.2) is 11.6 Å². The summed E-state index contributed by atoms with van der Waals surface area (Å²) in [6, 6.07) is 4.30. The highest BCUT2D eigenvalue weighted by molar-refractivity contribution is 5.82. The van der Waals surface area contributed by atoms with Crippen LogP contribution >= 0.6 is 0 Å². The van der Waals surface area contributed by atoms with Crippen molar-refractivity contribution < 1.29 is 4.74 Å². The highest BCUT2D eigenvalue weighted by Crippen LogP contribution is 2.32. The molecule has 0 aromatic carbocycles. The van der Waals surface area contributed by atoms with Gasteiger partial charge in [-0.2, -0.15) is 5.10 Å². The van der Waals surface area contributed by atoms with Gasteiger partial charge in [0.2, 0.25) is 0 Å². The Labute approximate surface area is 167 Å². The lowest BCUT2D eigenvalue weighted by atomic mass is 10.1. The van der Waals surface area contributed by atoms with Crippen molar-refractivity contribution in [2.45, 2.75) is 26.8 Å². The fraction of sp³-hybridized carbons (Fsp3) is 0.421. The first-order chi connectivity index (χ1) is 14.0. The third-order valence-corrected chi connectivity index (χ3v) is 5.34. The van der Waals surface area contributed by atoms with E-state index in [1.54, 1.807) is 4.68 Å². The lowest BCUT2D eigenvalue weighted by molar-refractivity contribution is 0.0984. The molecule has 5 rings (SSSR count). The molecule has 0 amide bonds. The largest absolute Gasteiger partial charge is 0.377 e. The van der Waals surface area contributed by atoms with E-state index in [1.165, 1.54) is 0 Å². The maximum atomic E-state index is 5.62. The molecule has 150 valence electrons. The van der Waals surface area contributed by atoms with Crippen molar-refractivity contribution in [1.29, 1.82) is 0 Å². The molecule has 1 aliphatic rings. The van der Waals surface area contributed by atoms with Gasteiger partial charge in [-0.05, 0) is 32.9 Å². The van der Waals surface area contributed by atoms with E-state index in [0.717, 1.165) is 46.2 Å². The maximum absolute atomic E-state index is 5.62. The molecule has 0 aliphatic carbocycles. The Morgan fingerprint density at radius 2 is 2.10 bits per heavy atom. The number of hydrogen-bond acceptors (Lipinski definition) is 7. The fourth-order valence-electron chi connectivity index (χ4n) is 3.90. The fourth-order valence-corrected chi connectivity index (χ4v) is 3.90. The number of ether oxygens (including phenoxy) is 1. The van der Waals surface area contributed by atoms with E-state index >= 15 is 0 Å². The number of rotatable bonds is 3. The average molecular weight is 393 g/mol. The molecule has 10 heteroatoms. The summed E-state index contributed by atoms with van der Waals surface area (Å²) in [7, 11) is 1.90. The minimum Gasteiger partial charge on any atom is -0.377 e. The molecular formula is C19H23N9O. The molecular weight excluding hydrogens is 370 g/mol. The van der Waals surface area contributed by atoms with E-state index < -0.39 is 0 Å². The molecule has 1 fully saturated rings. The third-order valence-electron chi connectivity index (χ3n) is 5.34. The normalized spacial score (nSPS) is 17.4. The second-order valence-electron chi connectivity index (χ2n) is 7.50. The lowest BCUT2D eigenvalue weighted by Gasteiger charge is -2.34. The minimum absolute atomic E-state index is 0.229. The molecule has 1 atom stereocenters. The summed E-state index contributed by atoms with van der Waals surface area (Å²) in [4.78, 5) is 6.91. The topological polar surface area (TPSA) is 102 Å². The lowest BCUT2D eigenvalue weighted by Crippen LogP contribution is -2.44. The summed E-state index contributed by atoms with van der Waals surface area (Å²) in [5.41, 5.74) is 5.42. The van der Waals surface area contributed by atoms with Crippen LogP contribution in [0.4, 0.5) is 5.82 Å². The van der Waals surface area contributed by atoms with Crippen LogP contribution in [0.2, 0.25) is 0 Å². The molecule has 1 N–H and O–H groups in total. The number of aromatic nitrogens is 8. The molecule has 0 bridgehead atoms. The average Bonchev–Trinajstić information content (AvgIpc) is 3.40. The second kappa shape index (κ2) is 6.66. The van der Waals surface area contributed by atoms with Crippen molar-refractivity contribution in [3.63, 3.8) is 0 Å². The first-order valence-electron chi connectivity index (χ1n) is 9.65. The van der Waals surface area contributed by atoms with Gasteiger partial charge in [-0.3, -0.25) is 5.10 Å². The molecule has 4 aromatic rings. The zero-order valence-electron chi connectivity index (χ0n) is 16.9. The molecule has 0 unspecified atom stereocenters. The van der Waals surface area contributed by atoms with E-state index in [0.29, 0.717) is 19.0 Å². The quantitative estimate of drug-likeness (QED) is 0.566. The van der Waals surface area contributed by atoms with Crippen molar-refractivity contribution in [3.8, 4) is 22.8 Å². The van der Waals surface area contributed by atoms with Crippen LogP contribution < -0.4 is 4.90 Å². The summed E-state index contributed by atoms with van der Waals surface area (Å²) in [5, 5.41) is 20.7. The van der Waals surface area contributed by atoms with Crippen LogP contribution in [-0.4, -0.2) is 65.6 Å². The minimum atomic E-state index is 0.229. The Balaban J connectivity index is 1.77. The first kappa shape index (κ1) is 17.8. The molecule has 4 aromatic heterocycles. The number of fused-ring (bicyclic) bond motifs is 1. The molecule has 29 heavy (non-hydrogen) atoms. The Morgan fingerprint density at radius 1 is 1.24 bits per heavy atom. The monoisotopic (exact) mass is 393 g/mol. The molecule has 0 spiro atoms. The summed E-state index contributed by atoms with van der Waals surface area (Å²) in [6.45, 7) is 8.22. The van der Waals surface area contributed by atoms with Crippen molar-refractivity contribution in [2.24, 2.45) is 7.05 Å². The van der Waals surface area contributed by atoms with Gasteiger partial charge < -0.3 is 9.64 Å². The van der Waals surface area contributed by atoms with E-state index in [9.17, 15) is 0 Å². The number of morpholine rings is 1. The molecule has 5 heterocycles. The predicted molar refractivity (Wildman–Crippen MR) is 108 cm³/mol. The van der Waals surface area contributed by atoms with Crippen LogP contribution in [0.5, 0.6) is 0 Å². The van der Waals surface area contributed by atoms with Crippen LogP contribution in [0.15, 0.2) is 18.3 Å². The first-order valence-corrected chi connectivity index (χ1v) is 9.65. The number of nitrogens with one attached hydrogen (secondary N) is 1. The van der Waals surface area contributed by atoms with Gasteiger partial charge in [0.1, 0.15) is 5.69 Å². The SMILES string of the molecule is Cc1cc(-c2ncc3c(-c4c(C)nnn4C)cc(N4CCOC[C@H]4C)nn23)n[nH]1. The van der Waals surface area contributed by atoms with E-state index in [1.807, 2.05) is 37.7 Å². The number of aryl methyl sites for hydroxylation is 3. The number of hydrogen-bond donors (Lipinski definition) is 1. The molecule has 1 saturated heterocycles. The Hall–Kier alpha value is -3.27. The number of anilines is 1. The van der Waals surface area contributed by atoms with E-state index in [-0.39, 0.29) is 6.04 Å². The van der Waals surface area contributed by atoms with Crippen LogP contribution in [0.25, 0.3) is 28.3 Å². The maximum Gasteiger partial charge on any atom is 0.182 e. The van der Waals surface area contributed by atoms with E-state index in [2.05, 4.69) is 43.4 Å². The van der Waals surface area contributed by atoms with Crippen LogP contribution in [-0.2, 0) is 11.8 Å². The summed E-state index contributed by atoms with van der Waals surface area (Å²) < 4.78 is 9.28. The summed E-state index contributed by atoms with van der Waals surface area (Å²) in [5.74, 6) is 1.57. The molecule has 0 radical (unpaired) electrons. The van der Waals surface area contributed by atoms with Gasteiger partial charge >= 0.3 is 0 Å². The zero-order valence-corrected chi connectivity index (χ0v) is 16.9. The molecule has 0 saturated carbocycles. The Morgan fingerprint density at radius 3 is 2.79 bits per heavy atom. The van der Waals surface area contributed by atoms with Gasteiger partial charge in [-0.15, -0.1) is 10.2 Å². The number of imidazole rings is 1. The van der Waals surface area contributed by atoms with Crippen LogP contribution in [0.1, 0.15) is 18.3 Å². The second-order valence-corrected chi connectivity index (χ2v) is 7.50. The number of nitrogens with zero attached hydrogens (tertiary/aromatic N) is 8. The highest BCUT2D eigenvalue weighted by Gasteiger charge is 2.25. The standard InChI is InChI=1S/C19H23N9O/c1-11-7-15(23-21-11)19-20-9-16-14(18-13(3)22-25-26(18)4)8-17(24-28(16)19)27-5-6-29-10-12(27)2/h7-9,12H,5-6,10H2,1-4H3,(H,21,23)/t12-/m1/s1. The molecule has 10 nitrogen and oxygen atoms in total. The van der Waals surface area contributed by atoms with Crippen LogP contribution in [0.3, 0.4) is 0 Å². The van der Waals surface area contributed by atoms with Gasteiger partial charge in [0.25, 0.3) is 0 Å². The Kier molecular flexibility index (Phi) is 4.09. The van der Waals surface area contributed by atoms with Gasteiger partial charge in [-0.25, -0.2) is 14.2 Å². The Bertz CT molecular complexity index is 1170. The summed E-state index contributed by atoms with van der Waals surface area (Å²) >= 11 is 0.